The number of nitrogens with zero attached hydrogens (tertiary/aromatic N) is 3. The van der Waals surface area contributed by atoms with Crippen LogP contribution in [0.15, 0.2) is 65.6 Å². The van der Waals surface area contributed by atoms with Crippen molar-refractivity contribution in [1.82, 2.24) is 9.58 Å². The Hall–Kier alpha value is -3.38. The maximum atomic E-state index is 13.8. The van der Waals surface area contributed by atoms with Crippen LogP contribution in [0.1, 0.15) is 64.6 Å². The van der Waals surface area contributed by atoms with E-state index in [9.17, 15) is 9.59 Å². The number of hydrogen-bond acceptors (Lipinski definition) is 4. The molecular formula is C28H32N4O2. The number of aromatic nitrogens is 1. The largest absolute Gasteiger partial charge is 0.330 e. The molecule has 1 atom stereocenters. The van der Waals surface area contributed by atoms with Gasteiger partial charge in [-0.25, -0.2) is 0 Å². The summed E-state index contributed by atoms with van der Waals surface area (Å²) in [5.41, 5.74) is 12.0. The normalized spacial score (nSPS) is 17.9. The summed E-state index contributed by atoms with van der Waals surface area (Å²) in [6, 6.07) is 18.6. The molecule has 0 radical (unpaired) electrons. The van der Waals surface area contributed by atoms with E-state index in [0.717, 1.165) is 12.8 Å². The molecule has 0 bridgehead atoms. The lowest BCUT2D eigenvalue weighted by Crippen LogP contribution is -2.64. The third-order valence-electron chi connectivity index (χ3n) is 7.24. The Labute approximate surface area is 200 Å². The molecule has 34 heavy (non-hydrogen) atoms. The highest BCUT2D eigenvalue weighted by molar-refractivity contribution is 5.95. The van der Waals surface area contributed by atoms with Crippen LogP contribution in [-0.2, 0) is 12.8 Å². The number of carbonyl (C=O) groups is 1. The van der Waals surface area contributed by atoms with Gasteiger partial charge in [-0.15, -0.1) is 0 Å². The number of pyridine rings is 1. The summed E-state index contributed by atoms with van der Waals surface area (Å²) in [4.78, 5) is 28.3. The highest BCUT2D eigenvalue weighted by atomic mass is 16.2. The molecule has 1 amide bonds. The Morgan fingerprint density at radius 2 is 1.53 bits per heavy atom. The Bertz CT molecular complexity index is 1250. The first-order chi connectivity index (χ1) is 16.4. The average molecular weight is 457 g/mol. The lowest BCUT2D eigenvalue weighted by Gasteiger charge is -2.51. The first kappa shape index (κ1) is 22.4. The maximum absolute atomic E-state index is 13.8. The van der Waals surface area contributed by atoms with Gasteiger partial charge in [0, 0.05) is 30.3 Å². The van der Waals surface area contributed by atoms with E-state index in [1.165, 1.54) is 22.3 Å². The quantitative estimate of drug-likeness (QED) is 0.652. The van der Waals surface area contributed by atoms with E-state index < -0.39 is 0 Å². The van der Waals surface area contributed by atoms with Gasteiger partial charge in [0.1, 0.15) is 11.9 Å². The van der Waals surface area contributed by atoms with Crippen LogP contribution in [0.3, 0.4) is 0 Å². The van der Waals surface area contributed by atoms with Crippen molar-refractivity contribution in [2.45, 2.75) is 58.3 Å². The highest BCUT2D eigenvalue weighted by Crippen LogP contribution is 2.40. The predicted molar refractivity (Wildman–Crippen MR) is 135 cm³/mol. The zero-order chi connectivity index (χ0) is 24.0. The van der Waals surface area contributed by atoms with E-state index in [1.54, 1.807) is 19.2 Å². The molecule has 6 nitrogen and oxygen atoms in total. The Kier molecular flexibility index (Phi) is 5.78. The third kappa shape index (κ3) is 3.44. The van der Waals surface area contributed by atoms with Crippen LogP contribution in [0.2, 0.25) is 0 Å². The van der Waals surface area contributed by atoms with Crippen molar-refractivity contribution < 1.29 is 4.79 Å². The van der Waals surface area contributed by atoms with E-state index in [4.69, 9.17) is 5.73 Å². The van der Waals surface area contributed by atoms with Gasteiger partial charge in [0.15, 0.2) is 5.43 Å². The topological polar surface area (TPSA) is 71.6 Å². The molecule has 6 heteroatoms. The SMILES string of the molecule is Cc1c2n(ccc1=O)N(C1c3ccccc3CCc3ccccc31)C(CCN)N(C(C)C)C2=O. The minimum Gasteiger partial charge on any atom is -0.330 e. The molecule has 5 rings (SSSR count). The molecular weight excluding hydrogens is 424 g/mol. The van der Waals surface area contributed by atoms with Gasteiger partial charge in [-0.3, -0.25) is 19.3 Å². The molecule has 3 aromatic rings. The minimum absolute atomic E-state index is 0.0497. The van der Waals surface area contributed by atoms with Crippen LogP contribution in [0.4, 0.5) is 0 Å². The van der Waals surface area contributed by atoms with Crippen LogP contribution in [0.25, 0.3) is 0 Å². The number of hydrogen-bond donors (Lipinski definition) is 1. The molecule has 1 aliphatic heterocycles. The first-order valence-corrected chi connectivity index (χ1v) is 12.1. The second-order valence-electron chi connectivity index (χ2n) is 9.54. The third-order valence-corrected chi connectivity index (χ3v) is 7.24. The lowest BCUT2D eigenvalue weighted by molar-refractivity contribution is 0.0457. The first-order valence-electron chi connectivity index (χ1n) is 12.1. The van der Waals surface area contributed by atoms with Gasteiger partial charge in [0.25, 0.3) is 5.91 Å². The second-order valence-corrected chi connectivity index (χ2v) is 9.54. The molecule has 0 saturated heterocycles. The van der Waals surface area contributed by atoms with Gasteiger partial charge < -0.3 is 10.6 Å². The number of rotatable bonds is 4. The van der Waals surface area contributed by atoms with Crippen molar-refractivity contribution in [2.24, 2.45) is 5.73 Å². The van der Waals surface area contributed by atoms with Crippen LogP contribution in [0.5, 0.6) is 0 Å². The fourth-order valence-electron chi connectivity index (χ4n) is 5.68. The molecule has 0 fully saturated rings. The minimum atomic E-state index is -0.254. The number of amides is 1. The molecule has 1 aliphatic carbocycles. The summed E-state index contributed by atoms with van der Waals surface area (Å²) in [6.07, 6.45) is 4.05. The second kappa shape index (κ2) is 8.76. The molecule has 2 N–H and O–H groups in total. The van der Waals surface area contributed by atoms with E-state index in [0.29, 0.717) is 24.2 Å². The number of aryl methyl sites for hydroxylation is 2. The fourth-order valence-corrected chi connectivity index (χ4v) is 5.68. The van der Waals surface area contributed by atoms with Crippen molar-refractivity contribution in [3.8, 4) is 0 Å². The molecule has 2 aromatic carbocycles. The fraction of sp³-hybridized carbons (Fsp3) is 0.357. The predicted octanol–water partition coefficient (Wildman–Crippen LogP) is 3.52. The zero-order valence-corrected chi connectivity index (χ0v) is 20.1. The van der Waals surface area contributed by atoms with Crippen LogP contribution in [0, 0.1) is 6.92 Å². The molecule has 2 heterocycles. The molecule has 0 spiro atoms. The Balaban J connectivity index is 1.85. The van der Waals surface area contributed by atoms with E-state index in [1.807, 2.05) is 23.4 Å². The van der Waals surface area contributed by atoms with Gasteiger partial charge in [0.05, 0.1) is 6.04 Å². The monoisotopic (exact) mass is 456 g/mol. The van der Waals surface area contributed by atoms with Crippen LogP contribution < -0.4 is 16.2 Å². The summed E-state index contributed by atoms with van der Waals surface area (Å²) in [5.74, 6) is -0.116. The summed E-state index contributed by atoms with van der Waals surface area (Å²) >= 11 is 0. The van der Waals surface area contributed by atoms with Crippen molar-refractivity contribution in [3.05, 3.63) is 105 Å². The smallest absolute Gasteiger partial charge is 0.274 e. The summed E-state index contributed by atoms with van der Waals surface area (Å²) < 4.78 is 1.93. The van der Waals surface area contributed by atoms with Crippen LogP contribution in [-0.4, -0.2) is 34.2 Å². The molecule has 0 saturated carbocycles. The molecule has 1 aromatic heterocycles. The summed E-state index contributed by atoms with van der Waals surface area (Å²) in [5, 5.41) is 2.29. The van der Waals surface area contributed by atoms with E-state index in [2.05, 4.69) is 53.5 Å². The molecule has 1 unspecified atom stereocenters. The number of benzene rings is 2. The number of nitrogens with two attached hydrogens (primary N) is 1. The maximum Gasteiger partial charge on any atom is 0.274 e. The van der Waals surface area contributed by atoms with Crippen molar-refractivity contribution in [2.75, 3.05) is 11.6 Å². The molecule has 176 valence electrons. The standard InChI is InChI=1S/C28H32N4O2/c1-18(2)31-25(14-16-29)32(30-17-15-24(33)19(3)26(30)28(31)34)27-22-10-6-4-8-20(22)12-13-21-9-5-7-11-23(21)27/h4-11,15,17-18,25,27H,12-14,16,29H2,1-3H3. The van der Waals surface area contributed by atoms with Crippen LogP contribution >= 0.6 is 0 Å². The van der Waals surface area contributed by atoms with E-state index in [-0.39, 0.29) is 29.6 Å². The van der Waals surface area contributed by atoms with Gasteiger partial charge in [-0.1, -0.05) is 48.5 Å². The van der Waals surface area contributed by atoms with Gasteiger partial charge in [-0.05, 0) is 62.4 Å². The molecule has 2 aliphatic rings. The summed E-state index contributed by atoms with van der Waals surface area (Å²) in [7, 11) is 0. The van der Waals surface area contributed by atoms with E-state index >= 15 is 0 Å². The Morgan fingerprint density at radius 1 is 0.941 bits per heavy atom. The zero-order valence-electron chi connectivity index (χ0n) is 20.1. The summed E-state index contributed by atoms with van der Waals surface area (Å²) in [6.45, 7) is 6.25. The van der Waals surface area contributed by atoms with Crippen molar-refractivity contribution in [3.63, 3.8) is 0 Å². The Morgan fingerprint density at radius 3 is 2.09 bits per heavy atom. The average Bonchev–Trinajstić information content (AvgIpc) is 2.99. The number of fused-ring (bicyclic) bond motifs is 3. The van der Waals surface area contributed by atoms with Gasteiger partial charge in [0.2, 0.25) is 0 Å². The van der Waals surface area contributed by atoms with Gasteiger partial charge >= 0.3 is 0 Å². The highest BCUT2D eigenvalue weighted by Gasteiger charge is 2.44. The van der Waals surface area contributed by atoms with Crippen molar-refractivity contribution in [1.29, 1.82) is 0 Å². The number of carbonyl (C=O) groups excluding carboxylic acids is 1. The lowest BCUT2D eigenvalue weighted by atomic mass is 9.92. The van der Waals surface area contributed by atoms with Gasteiger partial charge in [-0.2, -0.15) is 0 Å². The van der Waals surface area contributed by atoms with Crippen molar-refractivity contribution >= 4 is 5.91 Å².